The molecular formula is C14H18N2O3. The van der Waals surface area contributed by atoms with Crippen molar-refractivity contribution in [3.8, 4) is 0 Å². The molecule has 1 fully saturated rings. The lowest BCUT2D eigenvalue weighted by Gasteiger charge is -2.26. The molecule has 102 valence electrons. The summed E-state index contributed by atoms with van der Waals surface area (Å²) in [6.07, 6.45) is 4.25. The molecule has 0 radical (unpaired) electrons. The molecule has 19 heavy (non-hydrogen) atoms. The van der Waals surface area contributed by atoms with Gasteiger partial charge in [-0.05, 0) is 31.9 Å². The molecule has 2 heterocycles. The first-order valence-electron chi connectivity index (χ1n) is 6.61. The van der Waals surface area contributed by atoms with E-state index in [0.717, 1.165) is 32.2 Å². The Morgan fingerprint density at radius 1 is 1.26 bits per heavy atom. The molecule has 0 saturated carbocycles. The molecule has 0 spiro atoms. The molecule has 2 rings (SSSR count). The van der Waals surface area contributed by atoms with Gasteiger partial charge in [0, 0.05) is 12.6 Å². The predicted molar refractivity (Wildman–Crippen MR) is 70.2 cm³/mol. The van der Waals surface area contributed by atoms with Crippen molar-refractivity contribution < 1.29 is 14.7 Å². The van der Waals surface area contributed by atoms with Crippen LogP contribution in [0.5, 0.6) is 0 Å². The molecular weight excluding hydrogens is 244 g/mol. The third kappa shape index (κ3) is 3.10. The summed E-state index contributed by atoms with van der Waals surface area (Å²) in [6, 6.07) is 4.72. The van der Waals surface area contributed by atoms with Crippen molar-refractivity contribution in [1.29, 1.82) is 0 Å². The summed E-state index contributed by atoms with van der Waals surface area (Å²) in [5.74, 6) is -1.28. The van der Waals surface area contributed by atoms with Crippen LogP contribution in [0.15, 0.2) is 18.2 Å². The van der Waals surface area contributed by atoms with Crippen molar-refractivity contribution in [3.63, 3.8) is 0 Å². The van der Waals surface area contributed by atoms with Crippen LogP contribution in [0.25, 0.3) is 0 Å². The summed E-state index contributed by atoms with van der Waals surface area (Å²) in [5, 5.41) is 8.91. The van der Waals surface area contributed by atoms with E-state index in [1.807, 2.05) is 6.92 Å². The molecule has 1 aliphatic heterocycles. The van der Waals surface area contributed by atoms with Crippen LogP contribution < -0.4 is 0 Å². The zero-order chi connectivity index (χ0) is 13.8. The third-order valence-corrected chi connectivity index (χ3v) is 3.50. The first-order chi connectivity index (χ1) is 9.09. The maximum absolute atomic E-state index is 12.4. The van der Waals surface area contributed by atoms with Crippen molar-refractivity contribution in [2.75, 3.05) is 6.54 Å². The summed E-state index contributed by atoms with van der Waals surface area (Å²) in [6.45, 7) is 2.75. The third-order valence-electron chi connectivity index (χ3n) is 3.50. The average molecular weight is 262 g/mol. The first-order valence-corrected chi connectivity index (χ1v) is 6.61. The van der Waals surface area contributed by atoms with Crippen LogP contribution in [0, 0.1) is 0 Å². The quantitative estimate of drug-likeness (QED) is 0.886. The normalized spacial score (nSPS) is 19.8. The SMILES string of the molecule is CC1CCCCCN1C(=O)c1cccc(C(=O)O)n1. The molecule has 0 aromatic carbocycles. The van der Waals surface area contributed by atoms with Gasteiger partial charge in [0.2, 0.25) is 0 Å². The van der Waals surface area contributed by atoms with Crippen LogP contribution in [0.2, 0.25) is 0 Å². The summed E-state index contributed by atoms with van der Waals surface area (Å²) < 4.78 is 0. The van der Waals surface area contributed by atoms with Crippen LogP contribution >= 0.6 is 0 Å². The number of hydrogen-bond donors (Lipinski definition) is 1. The molecule has 1 aromatic rings. The van der Waals surface area contributed by atoms with E-state index in [9.17, 15) is 9.59 Å². The first kappa shape index (κ1) is 13.5. The second-order valence-electron chi connectivity index (χ2n) is 4.91. The van der Waals surface area contributed by atoms with Crippen molar-refractivity contribution in [1.82, 2.24) is 9.88 Å². The Morgan fingerprint density at radius 2 is 2.00 bits per heavy atom. The number of rotatable bonds is 2. The number of likely N-dealkylation sites (tertiary alicyclic amines) is 1. The number of nitrogens with zero attached hydrogens (tertiary/aromatic N) is 2. The lowest BCUT2D eigenvalue weighted by atomic mass is 10.1. The minimum atomic E-state index is -1.11. The molecule has 1 saturated heterocycles. The molecule has 1 N–H and O–H groups in total. The lowest BCUT2D eigenvalue weighted by molar-refractivity contribution is 0.0684. The maximum atomic E-state index is 12.4. The molecule has 0 bridgehead atoms. The highest BCUT2D eigenvalue weighted by Crippen LogP contribution is 2.18. The molecule has 5 nitrogen and oxygen atoms in total. The number of carbonyl (C=O) groups excluding carboxylic acids is 1. The highest BCUT2D eigenvalue weighted by Gasteiger charge is 2.24. The summed E-state index contributed by atoms with van der Waals surface area (Å²) in [5.41, 5.74) is 0.127. The van der Waals surface area contributed by atoms with Gasteiger partial charge >= 0.3 is 5.97 Å². The van der Waals surface area contributed by atoms with Gasteiger partial charge in [-0.3, -0.25) is 4.79 Å². The summed E-state index contributed by atoms with van der Waals surface area (Å²) in [4.78, 5) is 29.0. The van der Waals surface area contributed by atoms with Crippen LogP contribution in [-0.4, -0.2) is 39.5 Å². The van der Waals surface area contributed by atoms with Crippen LogP contribution in [-0.2, 0) is 0 Å². The Morgan fingerprint density at radius 3 is 2.74 bits per heavy atom. The van der Waals surface area contributed by atoms with E-state index in [-0.39, 0.29) is 23.3 Å². The van der Waals surface area contributed by atoms with Crippen molar-refractivity contribution >= 4 is 11.9 Å². The predicted octanol–water partition coefficient (Wildman–Crippen LogP) is 2.18. The molecule has 1 aliphatic rings. The largest absolute Gasteiger partial charge is 0.477 e. The monoisotopic (exact) mass is 262 g/mol. The average Bonchev–Trinajstić information content (AvgIpc) is 2.63. The Bertz CT molecular complexity index is 487. The van der Waals surface area contributed by atoms with Crippen LogP contribution in [0.3, 0.4) is 0 Å². The Labute approximate surface area is 112 Å². The molecule has 0 aliphatic carbocycles. The molecule has 1 aromatic heterocycles. The van der Waals surface area contributed by atoms with E-state index < -0.39 is 5.97 Å². The van der Waals surface area contributed by atoms with Gasteiger partial charge in [0.05, 0.1) is 0 Å². The zero-order valence-corrected chi connectivity index (χ0v) is 11.0. The van der Waals surface area contributed by atoms with Crippen LogP contribution in [0.4, 0.5) is 0 Å². The van der Waals surface area contributed by atoms with E-state index in [1.54, 1.807) is 17.0 Å². The number of pyridine rings is 1. The van der Waals surface area contributed by atoms with E-state index in [0.29, 0.717) is 0 Å². The minimum Gasteiger partial charge on any atom is -0.477 e. The molecule has 1 amide bonds. The van der Waals surface area contributed by atoms with Gasteiger partial charge in [0.15, 0.2) is 0 Å². The van der Waals surface area contributed by atoms with E-state index in [4.69, 9.17) is 5.11 Å². The number of hydrogen-bond acceptors (Lipinski definition) is 3. The molecule has 1 unspecified atom stereocenters. The Kier molecular flexibility index (Phi) is 4.14. The number of aromatic nitrogens is 1. The van der Waals surface area contributed by atoms with Crippen molar-refractivity contribution in [3.05, 3.63) is 29.6 Å². The Hall–Kier alpha value is -1.91. The van der Waals surface area contributed by atoms with Gasteiger partial charge in [-0.1, -0.05) is 18.9 Å². The standard InChI is InChI=1S/C14H18N2O3/c1-10-6-3-2-4-9-16(10)13(17)11-7-5-8-12(15-11)14(18)19/h5,7-8,10H,2-4,6,9H2,1H3,(H,18,19). The highest BCUT2D eigenvalue weighted by atomic mass is 16.4. The van der Waals surface area contributed by atoms with Crippen molar-refractivity contribution in [2.45, 2.75) is 38.6 Å². The van der Waals surface area contributed by atoms with Gasteiger partial charge < -0.3 is 10.0 Å². The van der Waals surface area contributed by atoms with Gasteiger partial charge in [-0.2, -0.15) is 0 Å². The number of carboxylic acid groups (broad SMARTS) is 1. The smallest absolute Gasteiger partial charge is 0.354 e. The minimum absolute atomic E-state index is 0.0895. The maximum Gasteiger partial charge on any atom is 0.354 e. The fraction of sp³-hybridized carbons (Fsp3) is 0.500. The topological polar surface area (TPSA) is 70.5 Å². The van der Waals surface area contributed by atoms with Gasteiger partial charge in [-0.15, -0.1) is 0 Å². The Balaban J connectivity index is 2.22. The second kappa shape index (κ2) is 5.82. The number of aromatic carboxylic acids is 1. The van der Waals surface area contributed by atoms with Gasteiger partial charge in [0.25, 0.3) is 5.91 Å². The zero-order valence-electron chi connectivity index (χ0n) is 11.0. The molecule has 1 atom stereocenters. The fourth-order valence-corrected chi connectivity index (χ4v) is 2.40. The number of amides is 1. The summed E-state index contributed by atoms with van der Waals surface area (Å²) >= 11 is 0. The van der Waals surface area contributed by atoms with Gasteiger partial charge in [0.1, 0.15) is 11.4 Å². The van der Waals surface area contributed by atoms with Crippen LogP contribution in [0.1, 0.15) is 53.6 Å². The number of carbonyl (C=O) groups is 2. The molecule has 5 heteroatoms. The second-order valence-corrected chi connectivity index (χ2v) is 4.91. The highest BCUT2D eigenvalue weighted by molar-refractivity contribution is 5.94. The lowest BCUT2D eigenvalue weighted by Crippen LogP contribution is -2.38. The van der Waals surface area contributed by atoms with E-state index >= 15 is 0 Å². The fourth-order valence-electron chi connectivity index (χ4n) is 2.40. The summed E-state index contributed by atoms with van der Waals surface area (Å²) in [7, 11) is 0. The number of carboxylic acids is 1. The van der Waals surface area contributed by atoms with E-state index in [2.05, 4.69) is 4.98 Å². The van der Waals surface area contributed by atoms with Crippen molar-refractivity contribution in [2.24, 2.45) is 0 Å². The van der Waals surface area contributed by atoms with Gasteiger partial charge in [-0.25, -0.2) is 9.78 Å². The van der Waals surface area contributed by atoms with E-state index in [1.165, 1.54) is 6.07 Å².